The highest BCUT2D eigenvalue weighted by molar-refractivity contribution is 6.01. The Morgan fingerprint density at radius 3 is 2.33 bits per heavy atom. The number of ether oxygens (including phenoxy) is 1. The number of rotatable bonds is 9. The van der Waals surface area contributed by atoms with Crippen molar-refractivity contribution in [1.29, 1.82) is 0 Å². The van der Waals surface area contributed by atoms with Gasteiger partial charge >= 0.3 is 0 Å². The third-order valence-electron chi connectivity index (χ3n) is 6.29. The van der Waals surface area contributed by atoms with Crippen LogP contribution in [0.2, 0.25) is 0 Å². The third-order valence-corrected chi connectivity index (χ3v) is 6.29. The molecule has 0 saturated carbocycles. The van der Waals surface area contributed by atoms with Crippen molar-refractivity contribution >= 4 is 28.5 Å². The van der Waals surface area contributed by atoms with Crippen LogP contribution < -0.4 is 15.0 Å². The number of fused-ring (bicyclic) bond motifs is 1. The van der Waals surface area contributed by atoms with Crippen LogP contribution in [0.15, 0.2) is 78.9 Å². The Balaban J connectivity index is 1.79. The van der Waals surface area contributed by atoms with E-state index in [9.17, 15) is 9.59 Å². The molecule has 1 atom stereocenters. The predicted octanol–water partition coefficient (Wildman–Crippen LogP) is 4.52. The van der Waals surface area contributed by atoms with E-state index in [1.807, 2.05) is 87.5 Å². The van der Waals surface area contributed by atoms with E-state index < -0.39 is 11.6 Å². The minimum atomic E-state index is -0.911. The summed E-state index contributed by atoms with van der Waals surface area (Å²) < 4.78 is 6.87. The number of amides is 2. The van der Waals surface area contributed by atoms with E-state index in [2.05, 4.69) is 15.6 Å². The van der Waals surface area contributed by atoms with Crippen LogP contribution in [0.25, 0.3) is 11.0 Å². The molecular weight excluding hydrogens is 454 g/mol. The summed E-state index contributed by atoms with van der Waals surface area (Å²) in [6, 6.07) is 23.0. The first-order chi connectivity index (χ1) is 17.3. The van der Waals surface area contributed by atoms with Crippen molar-refractivity contribution in [3.05, 3.63) is 84.4 Å². The first-order valence-corrected chi connectivity index (χ1v) is 11.9. The molecule has 1 heterocycles. The van der Waals surface area contributed by atoms with Crippen LogP contribution in [0.1, 0.15) is 38.8 Å². The maximum atomic E-state index is 14.0. The minimum absolute atomic E-state index is 0.0769. The summed E-state index contributed by atoms with van der Waals surface area (Å²) in [5.41, 5.74) is 2.27. The van der Waals surface area contributed by atoms with Gasteiger partial charge in [0.2, 0.25) is 11.8 Å². The largest absolute Gasteiger partial charge is 0.497 e. The number of methoxy groups -OCH3 is 1. The van der Waals surface area contributed by atoms with Crippen molar-refractivity contribution in [1.82, 2.24) is 20.3 Å². The Kier molecular flexibility index (Phi) is 7.33. The molecule has 4 rings (SSSR count). The van der Waals surface area contributed by atoms with Crippen molar-refractivity contribution < 1.29 is 14.3 Å². The Bertz CT molecular complexity index is 1330. The fraction of sp³-hybridized carbons (Fsp3) is 0.286. The van der Waals surface area contributed by atoms with Gasteiger partial charge in [0.05, 0.1) is 12.6 Å². The Morgan fingerprint density at radius 1 is 1.00 bits per heavy atom. The van der Waals surface area contributed by atoms with Crippen molar-refractivity contribution in [2.75, 3.05) is 12.0 Å². The van der Waals surface area contributed by atoms with Crippen LogP contribution in [0.5, 0.6) is 5.75 Å². The minimum Gasteiger partial charge on any atom is -0.497 e. The van der Waals surface area contributed by atoms with E-state index in [0.29, 0.717) is 22.5 Å². The van der Waals surface area contributed by atoms with E-state index in [1.54, 1.807) is 28.8 Å². The summed E-state index contributed by atoms with van der Waals surface area (Å²) in [5, 5.41) is 11.5. The molecular formula is C28H31N5O3. The predicted molar refractivity (Wildman–Crippen MR) is 140 cm³/mol. The second-order valence-corrected chi connectivity index (χ2v) is 9.24. The lowest BCUT2D eigenvalue weighted by Gasteiger charge is -2.34. The van der Waals surface area contributed by atoms with Crippen LogP contribution in [-0.4, -0.2) is 39.5 Å². The summed E-state index contributed by atoms with van der Waals surface area (Å²) in [4.78, 5) is 29.3. The van der Waals surface area contributed by atoms with E-state index >= 15 is 0 Å². The van der Waals surface area contributed by atoms with Crippen LogP contribution in [0.3, 0.4) is 0 Å². The van der Waals surface area contributed by atoms with Crippen molar-refractivity contribution in [2.45, 2.75) is 45.3 Å². The average Bonchev–Trinajstić information content (AvgIpc) is 3.30. The van der Waals surface area contributed by atoms with Gasteiger partial charge in [-0.1, -0.05) is 54.6 Å². The van der Waals surface area contributed by atoms with Crippen molar-refractivity contribution in [3.8, 4) is 5.75 Å². The van der Waals surface area contributed by atoms with Gasteiger partial charge in [0.25, 0.3) is 0 Å². The molecule has 0 aliphatic carbocycles. The molecule has 1 N–H and O–H groups in total. The molecule has 8 heteroatoms. The second-order valence-electron chi connectivity index (χ2n) is 9.24. The third kappa shape index (κ3) is 5.38. The lowest BCUT2D eigenvalue weighted by molar-refractivity contribution is -0.128. The van der Waals surface area contributed by atoms with Gasteiger partial charge in [-0.15, -0.1) is 5.10 Å². The molecule has 4 aromatic rings. The molecule has 2 amide bonds. The zero-order chi connectivity index (χ0) is 25.7. The van der Waals surface area contributed by atoms with Gasteiger partial charge in [-0.2, -0.15) is 0 Å². The smallest absolute Gasteiger partial charge is 0.249 e. The number of carbonyl (C=O) groups is 2. The highest BCUT2D eigenvalue weighted by Gasteiger charge is 2.35. The van der Waals surface area contributed by atoms with Gasteiger partial charge < -0.3 is 10.1 Å². The van der Waals surface area contributed by atoms with Gasteiger partial charge in [-0.3, -0.25) is 14.5 Å². The first-order valence-electron chi connectivity index (χ1n) is 11.9. The number of aromatic nitrogens is 3. The molecule has 8 nitrogen and oxygen atoms in total. The SMILES string of the molecule is CCC(C)(C)NC(=O)[C@H](c1ccc(OC)cc1)N(C(=O)Cn1nnc2ccccc21)c1ccccc1. The van der Waals surface area contributed by atoms with Crippen LogP contribution >= 0.6 is 0 Å². The lowest BCUT2D eigenvalue weighted by atomic mass is 9.98. The number of hydrogen-bond donors (Lipinski definition) is 1. The van der Waals surface area contributed by atoms with Crippen molar-refractivity contribution in [2.24, 2.45) is 0 Å². The summed E-state index contributed by atoms with van der Waals surface area (Å²) >= 11 is 0. The molecule has 3 aromatic carbocycles. The van der Waals surface area contributed by atoms with Crippen LogP contribution in [-0.2, 0) is 16.1 Å². The summed E-state index contributed by atoms with van der Waals surface area (Å²) in [6.07, 6.45) is 0.734. The number of carbonyl (C=O) groups excluding carboxylic acids is 2. The Labute approximate surface area is 210 Å². The van der Waals surface area contributed by atoms with Gasteiger partial charge in [0, 0.05) is 11.2 Å². The Morgan fingerprint density at radius 2 is 1.67 bits per heavy atom. The number of nitrogens with one attached hydrogen (secondary N) is 1. The molecule has 0 unspecified atom stereocenters. The molecule has 0 aliphatic rings. The van der Waals surface area contributed by atoms with Gasteiger partial charge in [-0.05, 0) is 62.2 Å². The number of nitrogens with zero attached hydrogens (tertiary/aromatic N) is 4. The quantitative estimate of drug-likeness (QED) is 0.377. The molecule has 0 aliphatic heterocycles. The van der Waals surface area contributed by atoms with E-state index in [0.717, 1.165) is 11.9 Å². The lowest BCUT2D eigenvalue weighted by Crippen LogP contribution is -2.51. The zero-order valence-electron chi connectivity index (χ0n) is 21.0. The highest BCUT2D eigenvalue weighted by Crippen LogP contribution is 2.30. The normalized spacial score (nSPS) is 12.2. The summed E-state index contributed by atoms with van der Waals surface area (Å²) in [7, 11) is 1.59. The number of hydrogen-bond acceptors (Lipinski definition) is 5. The van der Waals surface area contributed by atoms with Crippen LogP contribution in [0, 0.1) is 0 Å². The van der Waals surface area contributed by atoms with E-state index in [-0.39, 0.29) is 18.4 Å². The van der Waals surface area contributed by atoms with Crippen molar-refractivity contribution in [3.63, 3.8) is 0 Å². The monoisotopic (exact) mass is 485 g/mol. The number of benzene rings is 3. The molecule has 1 aromatic heterocycles. The zero-order valence-corrected chi connectivity index (χ0v) is 21.0. The standard InChI is InChI=1S/C28H31N5O3/c1-5-28(2,3)29-27(35)26(20-15-17-22(36-4)18-16-20)33(21-11-7-6-8-12-21)25(34)19-32-24-14-10-9-13-23(24)30-31-32/h6-18,26H,5,19H2,1-4H3,(H,29,35)/t26-/m0/s1. The Hall–Kier alpha value is -4.20. The van der Waals surface area contributed by atoms with Gasteiger partial charge in [0.15, 0.2) is 0 Å². The average molecular weight is 486 g/mol. The molecule has 36 heavy (non-hydrogen) atoms. The second kappa shape index (κ2) is 10.6. The topological polar surface area (TPSA) is 89.4 Å². The maximum Gasteiger partial charge on any atom is 0.249 e. The summed E-state index contributed by atoms with van der Waals surface area (Å²) in [6.45, 7) is 5.86. The molecule has 0 fully saturated rings. The molecule has 0 spiro atoms. The first kappa shape index (κ1) is 24.9. The number of para-hydroxylation sites is 2. The van der Waals surface area contributed by atoms with Gasteiger partial charge in [-0.25, -0.2) is 4.68 Å². The fourth-order valence-electron chi connectivity index (χ4n) is 3.96. The molecule has 0 bridgehead atoms. The fourth-order valence-corrected chi connectivity index (χ4v) is 3.96. The van der Waals surface area contributed by atoms with Gasteiger partial charge in [0.1, 0.15) is 23.9 Å². The van der Waals surface area contributed by atoms with E-state index in [4.69, 9.17) is 4.74 Å². The highest BCUT2D eigenvalue weighted by atomic mass is 16.5. The van der Waals surface area contributed by atoms with Crippen LogP contribution in [0.4, 0.5) is 5.69 Å². The molecule has 0 radical (unpaired) electrons. The van der Waals surface area contributed by atoms with E-state index in [1.165, 1.54) is 0 Å². The number of anilines is 1. The molecule has 186 valence electrons. The maximum absolute atomic E-state index is 14.0. The molecule has 0 saturated heterocycles. The summed E-state index contributed by atoms with van der Waals surface area (Å²) in [5.74, 6) is 0.105.